The average molecular weight is 299 g/mol. The molecule has 6 nitrogen and oxygen atoms in total. The summed E-state index contributed by atoms with van der Waals surface area (Å²) in [6.07, 6.45) is 10.6. The second-order valence-electron chi connectivity index (χ2n) is 5.59. The predicted molar refractivity (Wildman–Crippen MR) is 85.9 cm³/mol. The molecular weight excluding hydrogens is 278 g/mol. The van der Waals surface area contributed by atoms with Gasteiger partial charge < -0.3 is 10.2 Å². The van der Waals surface area contributed by atoms with Crippen LogP contribution in [0.5, 0.6) is 0 Å². The Balaban J connectivity index is 1.76. The third-order valence-electron chi connectivity index (χ3n) is 4.05. The molecule has 22 heavy (non-hydrogen) atoms. The summed E-state index contributed by atoms with van der Waals surface area (Å²) in [5.74, 6) is -0.0880. The minimum atomic E-state index is -0.357. The number of amides is 1. The number of piperidine rings is 1. The Labute approximate surface area is 130 Å². The lowest BCUT2D eigenvalue weighted by molar-refractivity contribution is -0.119. The number of nitrogens with zero attached hydrogens (tertiary/aromatic N) is 4. The van der Waals surface area contributed by atoms with Crippen LogP contribution in [0.4, 0.5) is 11.4 Å². The van der Waals surface area contributed by atoms with E-state index in [-0.39, 0.29) is 11.9 Å². The molecule has 1 N–H and O–H groups in total. The summed E-state index contributed by atoms with van der Waals surface area (Å²) in [4.78, 5) is 18.9. The second-order valence-corrected chi connectivity index (χ2v) is 5.59. The number of rotatable bonds is 4. The minimum Gasteiger partial charge on any atom is -0.370 e. The Kier molecular flexibility index (Phi) is 4.37. The quantitative estimate of drug-likeness (QED) is 0.942. The van der Waals surface area contributed by atoms with Crippen molar-refractivity contribution in [3.63, 3.8) is 0 Å². The van der Waals surface area contributed by atoms with E-state index in [1.807, 2.05) is 19.1 Å². The second kappa shape index (κ2) is 6.60. The minimum absolute atomic E-state index is 0.0880. The van der Waals surface area contributed by atoms with Crippen molar-refractivity contribution in [1.82, 2.24) is 14.8 Å². The highest BCUT2D eigenvalue weighted by Crippen LogP contribution is 2.27. The highest BCUT2D eigenvalue weighted by Gasteiger charge is 2.19. The number of nitrogens with one attached hydrogen (secondary N) is 1. The van der Waals surface area contributed by atoms with Gasteiger partial charge in [-0.15, -0.1) is 0 Å². The monoisotopic (exact) mass is 299 g/mol. The number of anilines is 2. The summed E-state index contributed by atoms with van der Waals surface area (Å²) in [5, 5.41) is 7.11. The summed E-state index contributed by atoms with van der Waals surface area (Å²) in [6.45, 7) is 3.89. The lowest BCUT2D eigenvalue weighted by atomic mass is 10.1. The van der Waals surface area contributed by atoms with Gasteiger partial charge in [-0.1, -0.05) is 0 Å². The molecular formula is C16H21N5O. The number of hydrogen-bond acceptors (Lipinski definition) is 4. The normalized spacial score (nSPS) is 16.3. The van der Waals surface area contributed by atoms with Crippen LogP contribution in [0.25, 0.3) is 0 Å². The van der Waals surface area contributed by atoms with Gasteiger partial charge in [-0.3, -0.25) is 14.5 Å². The van der Waals surface area contributed by atoms with Crippen LogP contribution in [-0.2, 0) is 4.79 Å². The molecule has 6 heteroatoms. The lowest BCUT2D eigenvalue weighted by Crippen LogP contribution is -2.31. The molecule has 1 amide bonds. The van der Waals surface area contributed by atoms with Crippen LogP contribution in [0.15, 0.2) is 36.9 Å². The molecule has 1 atom stereocenters. The smallest absolute Gasteiger partial charge is 0.249 e. The molecule has 1 aliphatic rings. The summed E-state index contributed by atoms with van der Waals surface area (Å²) in [7, 11) is 0. The maximum absolute atomic E-state index is 12.4. The Morgan fingerprint density at radius 3 is 2.82 bits per heavy atom. The molecule has 0 unspecified atom stereocenters. The van der Waals surface area contributed by atoms with Gasteiger partial charge >= 0.3 is 0 Å². The topological polar surface area (TPSA) is 63.1 Å². The fourth-order valence-electron chi connectivity index (χ4n) is 2.76. The van der Waals surface area contributed by atoms with Crippen molar-refractivity contribution >= 4 is 17.3 Å². The van der Waals surface area contributed by atoms with Crippen LogP contribution in [0.2, 0.25) is 0 Å². The molecule has 3 rings (SSSR count). The van der Waals surface area contributed by atoms with Gasteiger partial charge in [0.25, 0.3) is 0 Å². The van der Waals surface area contributed by atoms with Gasteiger partial charge in [-0.25, -0.2) is 0 Å². The van der Waals surface area contributed by atoms with Gasteiger partial charge in [0.1, 0.15) is 6.04 Å². The number of pyridine rings is 1. The summed E-state index contributed by atoms with van der Waals surface area (Å²) >= 11 is 0. The molecule has 0 aromatic carbocycles. The fraction of sp³-hybridized carbons (Fsp3) is 0.438. The Hall–Kier alpha value is -2.37. The largest absolute Gasteiger partial charge is 0.370 e. The molecule has 3 heterocycles. The zero-order chi connectivity index (χ0) is 15.4. The number of aromatic nitrogens is 3. The van der Waals surface area contributed by atoms with Crippen LogP contribution in [0, 0.1) is 0 Å². The zero-order valence-electron chi connectivity index (χ0n) is 12.8. The number of hydrogen-bond donors (Lipinski definition) is 1. The highest BCUT2D eigenvalue weighted by atomic mass is 16.2. The molecule has 1 fully saturated rings. The maximum atomic E-state index is 12.4. The lowest BCUT2D eigenvalue weighted by Gasteiger charge is -2.30. The van der Waals surface area contributed by atoms with Crippen molar-refractivity contribution in [2.45, 2.75) is 32.2 Å². The molecule has 0 saturated carbocycles. The fourth-order valence-corrected chi connectivity index (χ4v) is 2.76. The Morgan fingerprint density at radius 1 is 1.27 bits per heavy atom. The van der Waals surface area contributed by atoms with E-state index >= 15 is 0 Å². The summed E-state index contributed by atoms with van der Waals surface area (Å²) < 4.78 is 1.65. The molecule has 0 radical (unpaired) electrons. The Bertz CT molecular complexity index is 619. The van der Waals surface area contributed by atoms with Crippen molar-refractivity contribution in [3.05, 3.63) is 36.9 Å². The van der Waals surface area contributed by atoms with E-state index in [2.05, 4.69) is 20.3 Å². The van der Waals surface area contributed by atoms with E-state index in [1.54, 1.807) is 29.5 Å². The summed E-state index contributed by atoms with van der Waals surface area (Å²) in [6, 6.07) is 3.43. The third-order valence-corrected chi connectivity index (χ3v) is 4.05. The number of carbonyl (C=O) groups is 1. The van der Waals surface area contributed by atoms with E-state index in [0.717, 1.165) is 24.5 Å². The van der Waals surface area contributed by atoms with Gasteiger partial charge in [-0.05, 0) is 38.3 Å². The van der Waals surface area contributed by atoms with Gasteiger partial charge in [0.15, 0.2) is 0 Å². The first-order valence-corrected chi connectivity index (χ1v) is 7.74. The van der Waals surface area contributed by atoms with Crippen LogP contribution < -0.4 is 10.2 Å². The predicted octanol–water partition coefficient (Wildman–Crippen LogP) is 2.47. The first-order valence-electron chi connectivity index (χ1n) is 7.74. The van der Waals surface area contributed by atoms with E-state index in [9.17, 15) is 4.79 Å². The van der Waals surface area contributed by atoms with Crippen molar-refractivity contribution in [1.29, 1.82) is 0 Å². The average Bonchev–Trinajstić information content (AvgIpc) is 3.10. The molecule has 1 saturated heterocycles. The molecule has 0 spiro atoms. The standard InChI is InChI=1S/C16H21N5O/c1-13(21-11-5-7-18-21)16(22)19-14-12-17-8-6-15(14)20-9-3-2-4-10-20/h5-8,11-13H,2-4,9-10H2,1H3,(H,19,22)/t13-/m0/s1. The first kappa shape index (κ1) is 14.6. The number of carbonyl (C=O) groups excluding carboxylic acids is 1. The van der Waals surface area contributed by atoms with Crippen LogP contribution in [-0.4, -0.2) is 33.8 Å². The van der Waals surface area contributed by atoms with Crippen LogP contribution in [0.3, 0.4) is 0 Å². The van der Waals surface area contributed by atoms with Crippen LogP contribution in [0.1, 0.15) is 32.2 Å². The van der Waals surface area contributed by atoms with Crippen molar-refractivity contribution < 1.29 is 4.79 Å². The van der Waals surface area contributed by atoms with E-state index < -0.39 is 0 Å². The van der Waals surface area contributed by atoms with Crippen molar-refractivity contribution in [2.75, 3.05) is 23.3 Å². The van der Waals surface area contributed by atoms with Gasteiger partial charge in [0, 0.05) is 31.7 Å². The van der Waals surface area contributed by atoms with Gasteiger partial charge in [0.2, 0.25) is 5.91 Å². The zero-order valence-corrected chi connectivity index (χ0v) is 12.8. The van der Waals surface area contributed by atoms with Gasteiger partial charge in [-0.2, -0.15) is 5.10 Å². The molecule has 1 aliphatic heterocycles. The van der Waals surface area contributed by atoms with Crippen molar-refractivity contribution in [2.24, 2.45) is 0 Å². The van der Waals surface area contributed by atoms with E-state index in [1.165, 1.54) is 19.3 Å². The third kappa shape index (κ3) is 3.10. The Morgan fingerprint density at radius 2 is 2.09 bits per heavy atom. The van der Waals surface area contributed by atoms with Crippen molar-refractivity contribution in [3.8, 4) is 0 Å². The molecule has 0 aliphatic carbocycles. The SMILES string of the molecule is C[C@@H](C(=O)Nc1cnccc1N1CCCCC1)n1cccn1. The molecule has 2 aromatic rings. The summed E-state index contributed by atoms with van der Waals surface area (Å²) in [5.41, 5.74) is 1.82. The molecule has 0 bridgehead atoms. The first-order chi connectivity index (χ1) is 10.8. The van der Waals surface area contributed by atoms with Crippen LogP contribution >= 0.6 is 0 Å². The van der Waals surface area contributed by atoms with E-state index in [4.69, 9.17) is 0 Å². The van der Waals surface area contributed by atoms with Gasteiger partial charge in [0.05, 0.1) is 17.6 Å². The maximum Gasteiger partial charge on any atom is 0.249 e. The van der Waals surface area contributed by atoms with E-state index in [0.29, 0.717) is 0 Å². The molecule has 2 aromatic heterocycles. The highest BCUT2D eigenvalue weighted by molar-refractivity contribution is 5.96. The molecule has 116 valence electrons.